The Balaban J connectivity index is 1.89. The second-order valence-electron chi connectivity index (χ2n) is 5.23. The zero-order valence-electron chi connectivity index (χ0n) is 11.0. The quantitative estimate of drug-likeness (QED) is 0.516. The number of amides is 3. The van der Waals surface area contributed by atoms with Crippen molar-refractivity contribution in [2.24, 2.45) is 5.92 Å². The van der Waals surface area contributed by atoms with Gasteiger partial charge in [0.25, 0.3) is 0 Å². The number of aliphatic hydroxyl groups excluding tert-OH is 1. The van der Waals surface area contributed by atoms with E-state index in [4.69, 9.17) is 10.2 Å². The molecule has 0 saturated carbocycles. The van der Waals surface area contributed by atoms with Crippen LogP contribution in [0, 0.1) is 5.92 Å². The number of hydrogen-bond acceptors (Lipinski definition) is 4. The highest BCUT2D eigenvalue weighted by Gasteiger charge is 2.35. The molecule has 0 aliphatic carbocycles. The Morgan fingerprint density at radius 2 is 2.20 bits per heavy atom. The lowest BCUT2D eigenvalue weighted by Crippen LogP contribution is -2.58. The fourth-order valence-corrected chi connectivity index (χ4v) is 2.72. The van der Waals surface area contributed by atoms with Gasteiger partial charge in [0.2, 0.25) is 5.91 Å². The molecule has 8 heteroatoms. The molecule has 2 aliphatic heterocycles. The molecule has 8 nitrogen and oxygen atoms in total. The molecule has 3 amide bonds. The number of fused-ring (bicyclic) bond motifs is 1. The highest BCUT2D eigenvalue weighted by atomic mass is 16.4. The molecule has 0 aromatic rings. The van der Waals surface area contributed by atoms with Crippen molar-refractivity contribution >= 4 is 17.9 Å². The van der Waals surface area contributed by atoms with Gasteiger partial charge in [0.1, 0.15) is 0 Å². The van der Waals surface area contributed by atoms with E-state index in [1.54, 1.807) is 4.90 Å². The van der Waals surface area contributed by atoms with Gasteiger partial charge in [0.15, 0.2) is 6.04 Å². The number of urea groups is 1. The van der Waals surface area contributed by atoms with Crippen LogP contribution in [0.25, 0.3) is 0 Å². The predicted octanol–water partition coefficient (Wildman–Crippen LogP) is -1.26. The van der Waals surface area contributed by atoms with E-state index in [1.165, 1.54) is 0 Å². The summed E-state index contributed by atoms with van der Waals surface area (Å²) in [6.07, 6.45) is 1.87. The van der Waals surface area contributed by atoms with E-state index in [9.17, 15) is 14.4 Å². The van der Waals surface area contributed by atoms with Crippen molar-refractivity contribution in [3.63, 3.8) is 0 Å². The Kier molecular flexibility index (Phi) is 4.43. The third kappa shape index (κ3) is 3.19. The maximum absolute atomic E-state index is 12.0. The van der Waals surface area contributed by atoms with Gasteiger partial charge < -0.3 is 25.7 Å². The molecular formula is C12H19N3O5. The summed E-state index contributed by atoms with van der Waals surface area (Å²) in [7, 11) is 0. The largest absolute Gasteiger partial charge is 0.480 e. The monoisotopic (exact) mass is 285 g/mol. The summed E-state index contributed by atoms with van der Waals surface area (Å²) in [5.41, 5.74) is 0. The third-order valence-electron chi connectivity index (χ3n) is 3.89. The molecule has 2 saturated heterocycles. The van der Waals surface area contributed by atoms with Gasteiger partial charge in [-0.25, -0.2) is 9.59 Å². The van der Waals surface area contributed by atoms with Gasteiger partial charge in [-0.2, -0.15) is 0 Å². The molecule has 20 heavy (non-hydrogen) atoms. The van der Waals surface area contributed by atoms with Crippen LogP contribution in [0.3, 0.4) is 0 Å². The average Bonchev–Trinajstić information content (AvgIpc) is 2.43. The summed E-state index contributed by atoms with van der Waals surface area (Å²) >= 11 is 0. The number of nitrogens with zero attached hydrogens (tertiary/aromatic N) is 1. The Bertz CT molecular complexity index is 414. The van der Waals surface area contributed by atoms with Gasteiger partial charge in [-0.3, -0.25) is 4.79 Å². The molecule has 3 atom stereocenters. The first kappa shape index (κ1) is 14.6. The molecule has 112 valence electrons. The van der Waals surface area contributed by atoms with Crippen LogP contribution in [-0.4, -0.2) is 64.8 Å². The van der Waals surface area contributed by atoms with Crippen LogP contribution in [0.1, 0.15) is 19.3 Å². The molecular weight excluding hydrogens is 266 g/mol. The lowest BCUT2D eigenvalue weighted by molar-refractivity contribution is -0.140. The number of nitrogens with one attached hydrogen (secondary N) is 2. The number of carboxylic acids is 1. The zero-order chi connectivity index (χ0) is 14.7. The molecule has 2 aliphatic rings. The molecule has 0 spiro atoms. The first-order valence-electron chi connectivity index (χ1n) is 6.69. The second-order valence-corrected chi connectivity index (χ2v) is 5.23. The number of carboxylic acid groups (broad SMARTS) is 1. The molecule has 0 aromatic heterocycles. The van der Waals surface area contributed by atoms with E-state index in [0.29, 0.717) is 25.9 Å². The Morgan fingerprint density at radius 3 is 2.85 bits per heavy atom. The minimum Gasteiger partial charge on any atom is -0.480 e. The number of carbonyl (C=O) groups excluding carboxylic acids is 2. The topological polar surface area (TPSA) is 119 Å². The van der Waals surface area contributed by atoms with E-state index >= 15 is 0 Å². The number of likely N-dealkylation sites (tertiary alicyclic amines) is 1. The maximum atomic E-state index is 12.0. The van der Waals surface area contributed by atoms with Gasteiger partial charge >= 0.3 is 12.0 Å². The highest BCUT2D eigenvalue weighted by Crippen LogP contribution is 2.25. The Morgan fingerprint density at radius 1 is 1.45 bits per heavy atom. The molecule has 0 radical (unpaired) electrons. The molecule has 2 rings (SSSR count). The summed E-state index contributed by atoms with van der Waals surface area (Å²) in [4.78, 5) is 35.6. The van der Waals surface area contributed by atoms with Crippen molar-refractivity contribution in [2.45, 2.75) is 31.3 Å². The van der Waals surface area contributed by atoms with Crippen LogP contribution < -0.4 is 10.6 Å². The van der Waals surface area contributed by atoms with Crippen LogP contribution >= 0.6 is 0 Å². The lowest BCUT2D eigenvalue weighted by atomic mass is 9.85. The van der Waals surface area contributed by atoms with E-state index in [0.717, 1.165) is 6.42 Å². The number of aliphatic carboxylic acids is 1. The maximum Gasteiger partial charge on any atom is 0.328 e. The van der Waals surface area contributed by atoms with Crippen LogP contribution in [-0.2, 0) is 9.59 Å². The molecule has 0 bridgehead atoms. The van der Waals surface area contributed by atoms with Crippen molar-refractivity contribution in [3.05, 3.63) is 0 Å². The van der Waals surface area contributed by atoms with Crippen molar-refractivity contribution in [3.8, 4) is 0 Å². The predicted molar refractivity (Wildman–Crippen MR) is 67.9 cm³/mol. The average molecular weight is 285 g/mol. The summed E-state index contributed by atoms with van der Waals surface area (Å²) in [6.45, 7) is 0.316. The van der Waals surface area contributed by atoms with Gasteiger partial charge in [0, 0.05) is 25.6 Å². The first-order valence-corrected chi connectivity index (χ1v) is 6.69. The second kappa shape index (κ2) is 6.08. The normalized spacial score (nSPS) is 27.2. The number of hydrogen-bond donors (Lipinski definition) is 4. The fraction of sp³-hybridized carbons (Fsp3) is 0.750. The van der Waals surface area contributed by atoms with Crippen molar-refractivity contribution < 1.29 is 24.6 Å². The van der Waals surface area contributed by atoms with E-state index in [2.05, 4.69) is 10.6 Å². The standard InChI is InChI=1S/C12H19N3O5/c16-6-9(11(18)19)14-12(20)15-4-3-8-7(5-15)1-2-10(17)13-8/h7-9,16H,1-6H2,(H,13,17)(H,14,20)(H,18,19)/t7?,8?,9-/m0/s1. The van der Waals surface area contributed by atoms with E-state index < -0.39 is 24.6 Å². The molecule has 0 aromatic carbocycles. The summed E-state index contributed by atoms with van der Waals surface area (Å²) in [6, 6.07) is -1.67. The number of piperidine rings is 2. The van der Waals surface area contributed by atoms with Crippen LogP contribution in [0.5, 0.6) is 0 Å². The molecule has 2 heterocycles. The summed E-state index contributed by atoms with van der Waals surface area (Å²) in [5, 5.41) is 22.9. The minimum absolute atomic E-state index is 0.0513. The Hall–Kier alpha value is -1.83. The van der Waals surface area contributed by atoms with Crippen LogP contribution in [0.15, 0.2) is 0 Å². The SMILES string of the molecule is O=C1CCC2CN(C(=O)N[C@@H](CO)C(=O)O)CCC2N1. The van der Waals surface area contributed by atoms with Crippen molar-refractivity contribution in [1.82, 2.24) is 15.5 Å². The van der Waals surface area contributed by atoms with E-state index in [1.807, 2.05) is 0 Å². The number of aliphatic hydroxyl groups is 1. The van der Waals surface area contributed by atoms with Crippen LogP contribution in [0.2, 0.25) is 0 Å². The highest BCUT2D eigenvalue weighted by molar-refractivity contribution is 5.83. The molecule has 2 unspecified atom stereocenters. The molecule has 4 N–H and O–H groups in total. The number of carbonyl (C=O) groups is 3. The van der Waals surface area contributed by atoms with E-state index in [-0.39, 0.29) is 17.9 Å². The van der Waals surface area contributed by atoms with Gasteiger partial charge in [-0.05, 0) is 18.8 Å². The Labute approximate surface area is 116 Å². The van der Waals surface area contributed by atoms with Gasteiger partial charge in [-0.15, -0.1) is 0 Å². The first-order chi connectivity index (χ1) is 9.51. The molecule has 2 fully saturated rings. The smallest absolute Gasteiger partial charge is 0.328 e. The minimum atomic E-state index is -1.29. The lowest BCUT2D eigenvalue weighted by Gasteiger charge is -2.41. The van der Waals surface area contributed by atoms with Crippen molar-refractivity contribution in [2.75, 3.05) is 19.7 Å². The van der Waals surface area contributed by atoms with Gasteiger partial charge in [0.05, 0.1) is 6.61 Å². The zero-order valence-corrected chi connectivity index (χ0v) is 11.0. The van der Waals surface area contributed by atoms with Gasteiger partial charge in [-0.1, -0.05) is 0 Å². The fourth-order valence-electron chi connectivity index (χ4n) is 2.72. The summed E-state index contributed by atoms with van der Waals surface area (Å²) in [5.74, 6) is -0.999. The van der Waals surface area contributed by atoms with Crippen LogP contribution in [0.4, 0.5) is 4.79 Å². The number of rotatable bonds is 3. The third-order valence-corrected chi connectivity index (χ3v) is 3.89. The summed E-state index contributed by atoms with van der Waals surface area (Å²) < 4.78 is 0. The van der Waals surface area contributed by atoms with Crippen molar-refractivity contribution in [1.29, 1.82) is 0 Å².